The number of H-pyrrole nitrogens is 1. The molecule has 0 spiro atoms. The Hall–Kier alpha value is -2.21. The molecule has 2 aromatic rings. The normalized spacial score (nSPS) is 10.8. The number of ether oxygens (including phenoxy) is 1. The second-order valence-electron chi connectivity index (χ2n) is 4.93. The fraction of sp³-hybridized carbons (Fsp3) is 0.438. The van der Waals surface area contributed by atoms with Gasteiger partial charge in [-0.15, -0.1) is 0 Å². The average molecular weight is 303 g/mol. The van der Waals surface area contributed by atoms with E-state index in [4.69, 9.17) is 4.74 Å². The number of carbonyl (C=O) groups is 1. The number of nitrogens with one attached hydrogen (secondary N) is 2. The maximum absolute atomic E-state index is 11.9. The molecule has 2 rings (SSSR count). The first-order valence-corrected chi connectivity index (χ1v) is 7.53. The van der Waals surface area contributed by atoms with Gasteiger partial charge < -0.3 is 15.0 Å². The number of nitrogens with zero attached hydrogens (tertiary/aromatic N) is 1. The maximum Gasteiger partial charge on any atom is 0.258 e. The Morgan fingerprint density at radius 3 is 3.00 bits per heavy atom. The monoisotopic (exact) mass is 303 g/mol. The van der Waals surface area contributed by atoms with Crippen molar-refractivity contribution >= 4 is 16.8 Å². The highest BCUT2D eigenvalue weighted by molar-refractivity contribution is 5.77. The summed E-state index contributed by atoms with van der Waals surface area (Å²) in [6.07, 6.45) is 1.51. The Balaban J connectivity index is 1.84. The summed E-state index contributed by atoms with van der Waals surface area (Å²) in [7, 11) is 0. The highest BCUT2D eigenvalue weighted by Crippen LogP contribution is 2.06. The topological polar surface area (TPSA) is 84.1 Å². The van der Waals surface area contributed by atoms with Crippen LogP contribution in [0.2, 0.25) is 0 Å². The van der Waals surface area contributed by atoms with Crippen molar-refractivity contribution < 1.29 is 9.53 Å². The average Bonchev–Trinajstić information content (AvgIpc) is 2.53. The standard InChI is InChI=1S/C16H21N3O3/c1-2-22-11-5-10-17-15(20)9-8-14-18-13-7-4-3-6-12(13)16(21)19-14/h3-4,6-7H,2,5,8-11H2,1H3,(H,17,20)(H,18,19,21). The molecule has 0 saturated carbocycles. The second-order valence-corrected chi connectivity index (χ2v) is 4.93. The summed E-state index contributed by atoms with van der Waals surface area (Å²) >= 11 is 0. The summed E-state index contributed by atoms with van der Waals surface area (Å²) in [5.41, 5.74) is 0.482. The van der Waals surface area contributed by atoms with Gasteiger partial charge in [0.15, 0.2) is 0 Å². The van der Waals surface area contributed by atoms with Crippen molar-refractivity contribution in [2.45, 2.75) is 26.2 Å². The van der Waals surface area contributed by atoms with Crippen LogP contribution in [0.5, 0.6) is 0 Å². The third-order valence-electron chi connectivity index (χ3n) is 3.24. The number of carbonyl (C=O) groups excluding carboxylic acids is 1. The van der Waals surface area contributed by atoms with Gasteiger partial charge in [-0.2, -0.15) is 0 Å². The molecule has 1 aromatic heterocycles. The number of hydrogen-bond acceptors (Lipinski definition) is 4. The number of rotatable bonds is 8. The summed E-state index contributed by atoms with van der Waals surface area (Å²) in [5.74, 6) is 0.487. The number of aromatic nitrogens is 2. The molecule has 0 radical (unpaired) electrons. The molecule has 22 heavy (non-hydrogen) atoms. The maximum atomic E-state index is 11.9. The van der Waals surface area contributed by atoms with E-state index in [0.29, 0.717) is 49.3 Å². The summed E-state index contributed by atoms with van der Waals surface area (Å²) in [6, 6.07) is 7.16. The van der Waals surface area contributed by atoms with E-state index in [-0.39, 0.29) is 11.5 Å². The zero-order chi connectivity index (χ0) is 15.8. The van der Waals surface area contributed by atoms with Gasteiger partial charge in [0.25, 0.3) is 5.56 Å². The molecule has 0 atom stereocenters. The summed E-state index contributed by atoms with van der Waals surface area (Å²) in [5, 5.41) is 3.39. The number of amides is 1. The Labute approximate surface area is 128 Å². The van der Waals surface area contributed by atoms with Gasteiger partial charge in [-0.05, 0) is 25.5 Å². The van der Waals surface area contributed by atoms with Gasteiger partial charge in [-0.3, -0.25) is 9.59 Å². The fourth-order valence-electron chi connectivity index (χ4n) is 2.12. The van der Waals surface area contributed by atoms with Crippen molar-refractivity contribution in [3.8, 4) is 0 Å². The van der Waals surface area contributed by atoms with Crippen LogP contribution in [0, 0.1) is 0 Å². The molecule has 1 aromatic carbocycles. The third kappa shape index (κ3) is 4.66. The number of benzene rings is 1. The fourth-order valence-corrected chi connectivity index (χ4v) is 2.12. The van der Waals surface area contributed by atoms with Crippen molar-refractivity contribution in [2.24, 2.45) is 0 Å². The SMILES string of the molecule is CCOCCCNC(=O)CCc1nc2ccccc2c(=O)[nH]1. The van der Waals surface area contributed by atoms with Gasteiger partial charge >= 0.3 is 0 Å². The minimum absolute atomic E-state index is 0.0488. The minimum Gasteiger partial charge on any atom is -0.382 e. The first-order valence-electron chi connectivity index (χ1n) is 7.53. The van der Waals surface area contributed by atoms with Crippen LogP contribution in [-0.2, 0) is 16.0 Å². The van der Waals surface area contributed by atoms with Crippen LogP contribution in [0.3, 0.4) is 0 Å². The van der Waals surface area contributed by atoms with Gasteiger partial charge in [0.1, 0.15) is 5.82 Å². The lowest BCUT2D eigenvalue weighted by molar-refractivity contribution is -0.121. The van der Waals surface area contributed by atoms with Crippen molar-refractivity contribution in [3.05, 3.63) is 40.4 Å². The molecule has 0 bridgehead atoms. The van der Waals surface area contributed by atoms with E-state index < -0.39 is 0 Å². The molecule has 0 saturated heterocycles. The van der Waals surface area contributed by atoms with Crippen LogP contribution >= 0.6 is 0 Å². The van der Waals surface area contributed by atoms with E-state index in [1.165, 1.54) is 0 Å². The molecule has 6 nitrogen and oxygen atoms in total. The highest BCUT2D eigenvalue weighted by atomic mass is 16.5. The Morgan fingerprint density at radius 1 is 1.36 bits per heavy atom. The lowest BCUT2D eigenvalue weighted by Gasteiger charge is -2.06. The molecule has 0 aliphatic rings. The number of hydrogen-bond donors (Lipinski definition) is 2. The van der Waals surface area contributed by atoms with Crippen LogP contribution in [0.25, 0.3) is 10.9 Å². The van der Waals surface area contributed by atoms with E-state index in [9.17, 15) is 9.59 Å². The van der Waals surface area contributed by atoms with Gasteiger partial charge in [-0.25, -0.2) is 4.98 Å². The van der Waals surface area contributed by atoms with Crippen LogP contribution in [0.4, 0.5) is 0 Å². The van der Waals surface area contributed by atoms with Gasteiger partial charge in [-0.1, -0.05) is 12.1 Å². The molecule has 118 valence electrons. The molecule has 2 N–H and O–H groups in total. The highest BCUT2D eigenvalue weighted by Gasteiger charge is 2.06. The van der Waals surface area contributed by atoms with Crippen molar-refractivity contribution in [2.75, 3.05) is 19.8 Å². The van der Waals surface area contributed by atoms with E-state index in [2.05, 4.69) is 15.3 Å². The molecule has 0 aliphatic carbocycles. The van der Waals surface area contributed by atoms with Crippen LogP contribution < -0.4 is 10.9 Å². The number of aryl methyl sites for hydroxylation is 1. The first kappa shape index (κ1) is 16.2. The molecule has 0 aliphatic heterocycles. The van der Waals surface area contributed by atoms with Crippen molar-refractivity contribution in [3.63, 3.8) is 0 Å². The molecule has 0 unspecified atom stereocenters. The Morgan fingerprint density at radius 2 is 2.18 bits per heavy atom. The number of aromatic amines is 1. The zero-order valence-electron chi connectivity index (χ0n) is 12.7. The van der Waals surface area contributed by atoms with Crippen LogP contribution in [0.15, 0.2) is 29.1 Å². The van der Waals surface area contributed by atoms with Crippen LogP contribution in [-0.4, -0.2) is 35.6 Å². The lowest BCUT2D eigenvalue weighted by atomic mass is 10.2. The first-order chi connectivity index (χ1) is 10.7. The van der Waals surface area contributed by atoms with Gasteiger partial charge in [0.2, 0.25) is 5.91 Å². The third-order valence-corrected chi connectivity index (χ3v) is 3.24. The Bertz CT molecular complexity index is 682. The lowest BCUT2D eigenvalue weighted by Crippen LogP contribution is -2.26. The minimum atomic E-state index is -0.169. The van der Waals surface area contributed by atoms with E-state index in [1.54, 1.807) is 18.2 Å². The zero-order valence-corrected chi connectivity index (χ0v) is 12.7. The number of fused-ring (bicyclic) bond motifs is 1. The predicted molar refractivity (Wildman–Crippen MR) is 84.8 cm³/mol. The molecular weight excluding hydrogens is 282 g/mol. The largest absolute Gasteiger partial charge is 0.382 e. The van der Waals surface area contributed by atoms with Crippen molar-refractivity contribution in [1.82, 2.24) is 15.3 Å². The van der Waals surface area contributed by atoms with Crippen molar-refractivity contribution in [1.29, 1.82) is 0 Å². The van der Waals surface area contributed by atoms with Gasteiger partial charge in [0, 0.05) is 32.6 Å². The van der Waals surface area contributed by atoms with E-state index in [0.717, 1.165) is 6.42 Å². The van der Waals surface area contributed by atoms with E-state index in [1.807, 2.05) is 13.0 Å². The van der Waals surface area contributed by atoms with Crippen LogP contribution in [0.1, 0.15) is 25.6 Å². The molecule has 6 heteroatoms. The second kappa shape index (κ2) is 8.29. The smallest absolute Gasteiger partial charge is 0.258 e. The predicted octanol–water partition coefficient (Wildman–Crippen LogP) is 1.40. The summed E-state index contributed by atoms with van der Waals surface area (Å²) in [4.78, 5) is 30.7. The molecule has 0 fully saturated rings. The Kier molecular flexibility index (Phi) is 6.09. The van der Waals surface area contributed by atoms with E-state index >= 15 is 0 Å². The number of para-hydroxylation sites is 1. The molecule has 1 amide bonds. The molecule has 1 heterocycles. The quantitative estimate of drug-likeness (QED) is 0.722. The summed E-state index contributed by atoms with van der Waals surface area (Å²) < 4.78 is 5.20. The summed E-state index contributed by atoms with van der Waals surface area (Å²) in [6.45, 7) is 3.88. The molecular formula is C16H21N3O3. The van der Waals surface area contributed by atoms with Gasteiger partial charge in [0.05, 0.1) is 10.9 Å².